The number of ketones is 1. The molecule has 3 aromatic carbocycles. The molecule has 0 aliphatic rings. The highest BCUT2D eigenvalue weighted by Crippen LogP contribution is 2.35. The summed E-state index contributed by atoms with van der Waals surface area (Å²) in [5.41, 5.74) is 4.37. The van der Waals surface area contributed by atoms with E-state index in [0.717, 1.165) is 53.6 Å². The maximum atomic E-state index is 13.0. The van der Waals surface area contributed by atoms with E-state index in [2.05, 4.69) is 44.3 Å². The Labute approximate surface area is 232 Å². The van der Waals surface area contributed by atoms with Gasteiger partial charge in [0.2, 0.25) is 0 Å². The molecule has 0 saturated heterocycles. The van der Waals surface area contributed by atoms with Gasteiger partial charge in [0.1, 0.15) is 0 Å². The van der Waals surface area contributed by atoms with Crippen molar-refractivity contribution in [1.29, 1.82) is 0 Å². The number of hydrogen-bond acceptors (Lipinski definition) is 4. The molecule has 0 aliphatic carbocycles. The lowest BCUT2D eigenvalue weighted by Gasteiger charge is -2.19. The van der Waals surface area contributed by atoms with Gasteiger partial charge in [-0.2, -0.15) is 0 Å². The summed E-state index contributed by atoms with van der Waals surface area (Å²) in [4.78, 5) is 15.6. The highest BCUT2D eigenvalue weighted by Gasteiger charge is 2.20. The fourth-order valence-electron chi connectivity index (χ4n) is 4.16. The number of anilines is 1. The molecule has 0 bridgehead atoms. The molecule has 7 heteroatoms. The molecule has 0 spiro atoms. The van der Waals surface area contributed by atoms with E-state index in [9.17, 15) is 13.2 Å². The molecule has 1 heterocycles. The molecule has 4 aromatic rings. The largest absolute Gasteiger partial charge is 0.381 e. The molecule has 0 saturated carbocycles. The Kier molecular flexibility index (Phi) is 10.1. The smallest absolute Gasteiger partial charge is 0.261 e. The first-order valence-electron chi connectivity index (χ1n) is 13.4. The molecule has 0 aliphatic heterocycles. The fraction of sp³-hybridized carbons (Fsp3) is 0.344. The molecule has 6 nitrogen and oxygen atoms in total. The van der Waals surface area contributed by atoms with Crippen LogP contribution in [-0.4, -0.2) is 32.4 Å². The average Bonchev–Trinajstić information content (AvgIpc) is 3.28. The van der Waals surface area contributed by atoms with Crippen molar-refractivity contribution in [3.05, 3.63) is 84.1 Å². The van der Waals surface area contributed by atoms with Gasteiger partial charge in [-0.05, 0) is 59.7 Å². The fourth-order valence-corrected chi connectivity index (χ4v) is 5.21. The monoisotopic (exact) mass is 548 g/mol. The Morgan fingerprint density at radius 1 is 0.897 bits per heavy atom. The number of aromatic nitrogens is 1. The van der Waals surface area contributed by atoms with Crippen LogP contribution in [0.5, 0.6) is 0 Å². The first kappa shape index (κ1) is 30.1. The van der Waals surface area contributed by atoms with Crippen LogP contribution in [0.25, 0.3) is 22.0 Å². The number of carbonyl (C=O) groups is 1. The van der Waals surface area contributed by atoms with E-state index in [4.69, 9.17) is 4.74 Å². The summed E-state index contributed by atoms with van der Waals surface area (Å²) in [6.45, 7) is 13.9. The van der Waals surface area contributed by atoms with Crippen molar-refractivity contribution in [2.24, 2.45) is 0 Å². The van der Waals surface area contributed by atoms with Crippen molar-refractivity contribution in [3.63, 3.8) is 0 Å². The number of carbonyl (C=O) groups excluding carboxylic acids is 1. The first-order valence-corrected chi connectivity index (χ1v) is 14.9. The van der Waals surface area contributed by atoms with Crippen LogP contribution in [0.2, 0.25) is 0 Å². The first-order chi connectivity index (χ1) is 18.5. The molecule has 2 N–H and O–H groups in total. The van der Waals surface area contributed by atoms with E-state index in [0.29, 0.717) is 11.4 Å². The Balaban J connectivity index is 0.000000532. The van der Waals surface area contributed by atoms with Crippen molar-refractivity contribution < 1.29 is 17.9 Å². The molecule has 0 fully saturated rings. The molecule has 0 amide bonds. The second-order valence-electron chi connectivity index (χ2n) is 10.5. The van der Waals surface area contributed by atoms with Crippen LogP contribution in [-0.2, 0) is 20.2 Å². The Hall–Kier alpha value is -3.42. The molecule has 208 valence electrons. The summed E-state index contributed by atoms with van der Waals surface area (Å²) >= 11 is 0. The Morgan fingerprint density at radius 2 is 1.51 bits per heavy atom. The van der Waals surface area contributed by atoms with E-state index in [1.807, 2.05) is 42.5 Å². The minimum Gasteiger partial charge on any atom is -0.381 e. The van der Waals surface area contributed by atoms with Gasteiger partial charge in [0.15, 0.2) is 5.78 Å². The van der Waals surface area contributed by atoms with E-state index in [1.165, 1.54) is 6.92 Å². The topological polar surface area (TPSA) is 88.3 Å². The molecule has 1 aromatic heterocycles. The molecule has 39 heavy (non-hydrogen) atoms. The number of fused-ring (bicyclic) bond motifs is 1. The van der Waals surface area contributed by atoms with Crippen molar-refractivity contribution in [1.82, 2.24) is 4.98 Å². The third-order valence-corrected chi connectivity index (χ3v) is 7.59. The van der Waals surface area contributed by atoms with Gasteiger partial charge in [-0.3, -0.25) is 9.52 Å². The van der Waals surface area contributed by atoms with Crippen LogP contribution < -0.4 is 4.72 Å². The maximum Gasteiger partial charge on any atom is 0.261 e. The summed E-state index contributed by atoms with van der Waals surface area (Å²) in [7, 11) is -3.76. The highest BCUT2D eigenvalue weighted by molar-refractivity contribution is 7.92. The SMILES string of the molecule is CC(=O)c1[nH]c2ccc(NS(=O)(=O)c3ccc(C(C)(C)C)cc3)cc2c1-c1ccccc1.CCCOCCC. The number of sulfonamides is 1. The van der Waals surface area contributed by atoms with E-state index < -0.39 is 10.0 Å². The van der Waals surface area contributed by atoms with Crippen molar-refractivity contribution >= 4 is 32.4 Å². The molecule has 0 unspecified atom stereocenters. The quantitative estimate of drug-likeness (QED) is 0.164. The van der Waals surface area contributed by atoms with Gasteiger partial charge in [-0.25, -0.2) is 8.42 Å². The average molecular weight is 549 g/mol. The predicted molar refractivity (Wildman–Crippen MR) is 161 cm³/mol. The van der Waals surface area contributed by atoms with E-state index in [1.54, 1.807) is 30.3 Å². The second kappa shape index (κ2) is 13.1. The number of Topliss-reactive ketones (excluding diaryl/α,β-unsaturated/α-hetero) is 1. The third-order valence-electron chi connectivity index (χ3n) is 6.19. The lowest BCUT2D eigenvalue weighted by molar-refractivity contribution is 0.101. The van der Waals surface area contributed by atoms with Crippen LogP contribution in [0.3, 0.4) is 0 Å². The van der Waals surface area contributed by atoms with Crippen LogP contribution in [0.4, 0.5) is 5.69 Å². The maximum absolute atomic E-state index is 13.0. The van der Waals surface area contributed by atoms with Gasteiger partial charge < -0.3 is 9.72 Å². The number of nitrogens with one attached hydrogen (secondary N) is 2. The van der Waals surface area contributed by atoms with Crippen LogP contribution in [0.15, 0.2) is 77.7 Å². The van der Waals surface area contributed by atoms with E-state index >= 15 is 0 Å². The van der Waals surface area contributed by atoms with E-state index in [-0.39, 0.29) is 16.1 Å². The number of benzene rings is 3. The third kappa shape index (κ3) is 7.80. The Bertz CT molecular complexity index is 1480. The molecule has 4 rings (SSSR count). The lowest BCUT2D eigenvalue weighted by atomic mass is 9.87. The minimum atomic E-state index is -3.76. The van der Waals surface area contributed by atoms with Crippen LogP contribution >= 0.6 is 0 Å². The lowest BCUT2D eigenvalue weighted by Crippen LogP contribution is -2.14. The number of rotatable bonds is 9. The summed E-state index contributed by atoms with van der Waals surface area (Å²) in [6, 6.07) is 21.8. The number of hydrogen-bond donors (Lipinski definition) is 2. The molecular weight excluding hydrogens is 508 g/mol. The molecule has 0 radical (unpaired) electrons. The summed E-state index contributed by atoms with van der Waals surface area (Å²) in [6.07, 6.45) is 2.28. The van der Waals surface area contributed by atoms with Crippen molar-refractivity contribution in [2.75, 3.05) is 17.9 Å². The zero-order chi connectivity index (χ0) is 28.6. The van der Waals surface area contributed by atoms with Gasteiger partial charge in [0.25, 0.3) is 10.0 Å². The zero-order valence-electron chi connectivity index (χ0n) is 23.8. The van der Waals surface area contributed by atoms with Crippen molar-refractivity contribution in [3.8, 4) is 11.1 Å². The molecule has 0 atom stereocenters. The van der Waals surface area contributed by atoms with Gasteiger partial charge in [0.05, 0.1) is 10.6 Å². The zero-order valence-corrected chi connectivity index (χ0v) is 24.6. The van der Waals surface area contributed by atoms with Gasteiger partial charge >= 0.3 is 0 Å². The van der Waals surface area contributed by atoms with Gasteiger partial charge in [-0.15, -0.1) is 0 Å². The normalized spacial score (nSPS) is 11.6. The number of aromatic amines is 1. The number of H-pyrrole nitrogens is 1. The summed E-state index contributed by atoms with van der Waals surface area (Å²) in [5.74, 6) is -0.0823. The van der Waals surface area contributed by atoms with Crippen LogP contribution in [0.1, 0.15) is 70.4 Å². The highest BCUT2D eigenvalue weighted by atomic mass is 32.2. The van der Waals surface area contributed by atoms with Gasteiger partial charge in [0, 0.05) is 42.3 Å². The van der Waals surface area contributed by atoms with Gasteiger partial charge in [-0.1, -0.05) is 77.1 Å². The summed E-state index contributed by atoms with van der Waals surface area (Å²) in [5, 5.41) is 0.782. The predicted octanol–water partition coefficient (Wildman–Crippen LogP) is 7.96. The standard InChI is InChI=1S/C26H26N2O3S.C6H14O/c1-17(29)25-24(18-8-6-5-7-9-18)22-16-20(12-15-23(22)27-25)28-32(30,31)21-13-10-19(11-14-21)26(2,3)4;1-3-5-7-6-4-2/h5-16,27-28H,1-4H3;3-6H2,1-2H3. The number of ether oxygens (including phenoxy) is 1. The van der Waals surface area contributed by atoms with Crippen molar-refractivity contribution in [2.45, 2.75) is 64.7 Å². The minimum absolute atomic E-state index is 0.0582. The van der Waals surface area contributed by atoms with Crippen LogP contribution in [0, 0.1) is 0 Å². The Morgan fingerprint density at radius 3 is 2.05 bits per heavy atom. The summed E-state index contributed by atoms with van der Waals surface area (Å²) < 4.78 is 33.8. The second-order valence-corrected chi connectivity index (χ2v) is 12.2. The molecular formula is C32H40N2O4S.